The number of nitro groups is 1. The molecule has 6 heteroatoms. The van der Waals surface area contributed by atoms with E-state index in [-0.39, 0.29) is 16.7 Å². The lowest BCUT2D eigenvalue weighted by molar-refractivity contribution is -0.384. The molecule has 1 aromatic heterocycles. The molecule has 110 valence electrons. The van der Waals surface area contributed by atoms with E-state index >= 15 is 0 Å². The molecule has 1 aliphatic rings. The van der Waals surface area contributed by atoms with Gasteiger partial charge in [0.05, 0.1) is 10.4 Å². The maximum atomic E-state index is 11.3. The molecule has 2 N–H and O–H groups in total. The summed E-state index contributed by atoms with van der Waals surface area (Å²) in [5.41, 5.74) is 1.39. The molecular formula is C15H18N4O2. The molecule has 1 saturated heterocycles. The Kier molecular flexibility index (Phi) is 3.96. The van der Waals surface area contributed by atoms with Crippen molar-refractivity contribution < 1.29 is 4.92 Å². The predicted molar refractivity (Wildman–Crippen MR) is 82.5 cm³/mol. The van der Waals surface area contributed by atoms with Crippen molar-refractivity contribution in [1.82, 2.24) is 10.3 Å². The summed E-state index contributed by atoms with van der Waals surface area (Å²) >= 11 is 0. The van der Waals surface area contributed by atoms with Crippen molar-refractivity contribution in [3.63, 3.8) is 0 Å². The van der Waals surface area contributed by atoms with Gasteiger partial charge in [0, 0.05) is 18.0 Å². The van der Waals surface area contributed by atoms with Crippen LogP contribution in [0.2, 0.25) is 0 Å². The maximum absolute atomic E-state index is 11.3. The van der Waals surface area contributed by atoms with Crippen molar-refractivity contribution in [2.75, 3.05) is 18.4 Å². The molecule has 21 heavy (non-hydrogen) atoms. The summed E-state index contributed by atoms with van der Waals surface area (Å²) in [4.78, 5) is 15.1. The van der Waals surface area contributed by atoms with Crippen LogP contribution >= 0.6 is 0 Å². The van der Waals surface area contributed by atoms with Crippen LogP contribution in [0.4, 0.5) is 11.4 Å². The summed E-state index contributed by atoms with van der Waals surface area (Å²) in [6.45, 7) is 1.84. The van der Waals surface area contributed by atoms with Gasteiger partial charge in [-0.05, 0) is 25.5 Å². The van der Waals surface area contributed by atoms with Crippen LogP contribution in [-0.4, -0.2) is 29.0 Å². The number of hydrogen-bond acceptors (Lipinski definition) is 5. The van der Waals surface area contributed by atoms with E-state index in [2.05, 4.69) is 15.6 Å². The molecule has 1 atom stereocenters. The Morgan fingerprint density at radius 2 is 2.19 bits per heavy atom. The fourth-order valence-corrected chi connectivity index (χ4v) is 2.77. The Bertz CT molecular complexity index is 651. The lowest BCUT2D eigenvalue weighted by Gasteiger charge is -2.18. The van der Waals surface area contributed by atoms with Crippen LogP contribution in [0.3, 0.4) is 0 Å². The fourth-order valence-electron chi connectivity index (χ4n) is 2.77. The van der Waals surface area contributed by atoms with E-state index in [1.807, 2.05) is 24.3 Å². The third-order valence-electron chi connectivity index (χ3n) is 3.85. The number of aromatic nitrogens is 1. The molecule has 0 aliphatic carbocycles. The topological polar surface area (TPSA) is 80.1 Å². The molecule has 0 saturated carbocycles. The van der Waals surface area contributed by atoms with Crippen LogP contribution in [0.25, 0.3) is 10.9 Å². The van der Waals surface area contributed by atoms with Gasteiger partial charge in [0.2, 0.25) is 0 Å². The highest BCUT2D eigenvalue weighted by atomic mass is 16.6. The average Bonchev–Trinajstić information content (AvgIpc) is 2.76. The Labute approximate surface area is 122 Å². The Balaban J connectivity index is 2.01. The number of rotatable bonds is 3. The maximum Gasteiger partial charge on any atom is 0.311 e. The Morgan fingerprint density at radius 3 is 3.05 bits per heavy atom. The molecule has 0 bridgehead atoms. The third-order valence-corrected chi connectivity index (χ3v) is 3.85. The highest BCUT2D eigenvalue weighted by Gasteiger charge is 2.21. The Hall–Kier alpha value is -2.21. The van der Waals surface area contributed by atoms with E-state index < -0.39 is 0 Å². The summed E-state index contributed by atoms with van der Waals surface area (Å²) in [6.07, 6.45) is 4.63. The third kappa shape index (κ3) is 2.95. The second kappa shape index (κ2) is 6.05. The minimum atomic E-state index is -0.369. The molecule has 6 nitrogen and oxygen atoms in total. The summed E-state index contributed by atoms with van der Waals surface area (Å²) in [5.74, 6) is 0. The number of anilines is 1. The highest BCUT2D eigenvalue weighted by Crippen LogP contribution is 2.32. The van der Waals surface area contributed by atoms with Gasteiger partial charge in [-0.2, -0.15) is 0 Å². The molecular weight excluding hydrogens is 268 g/mol. The number of nitrogens with zero attached hydrogens (tertiary/aromatic N) is 2. The van der Waals surface area contributed by atoms with Gasteiger partial charge in [-0.15, -0.1) is 0 Å². The molecule has 2 heterocycles. The lowest BCUT2D eigenvalue weighted by Crippen LogP contribution is -2.31. The van der Waals surface area contributed by atoms with Crippen LogP contribution in [0, 0.1) is 10.1 Å². The zero-order valence-electron chi connectivity index (χ0n) is 11.7. The first-order valence-corrected chi connectivity index (χ1v) is 7.25. The number of benzene rings is 1. The van der Waals surface area contributed by atoms with Crippen molar-refractivity contribution in [3.05, 3.63) is 40.6 Å². The van der Waals surface area contributed by atoms with Crippen molar-refractivity contribution in [2.45, 2.75) is 25.3 Å². The first-order chi connectivity index (χ1) is 10.3. The first-order valence-electron chi connectivity index (χ1n) is 7.25. The number of fused-ring (bicyclic) bond motifs is 1. The van der Waals surface area contributed by atoms with E-state index in [0.717, 1.165) is 43.3 Å². The molecule has 3 rings (SSSR count). The number of nitrogens with one attached hydrogen (secondary N) is 2. The van der Waals surface area contributed by atoms with E-state index in [4.69, 9.17) is 0 Å². The molecule has 0 amide bonds. The number of pyridine rings is 1. The highest BCUT2D eigenvalue weighted by molar-refractivity contribution is 5.95. The largest absolute Gasteiger partial charge is 0.375 e. The summed E-state index contributed by atoms with van der Waals surface area (Å²) in [5, 5.41) is 18.8. The molecule has 1 unspecified atom stereocenters. The van der Waals surface area contributed by atoms with Gasteiger partial charge >= 0.3 is 5.69 Å². The molecule has 1 aliphatic heterocycles. The summed E-state index contributed by atoms with van der Waals surface area (Å²) in [7, 11) is 0. The second-order valence-corrected chi connectivity index (χ2v) is 5.33. The number of para-hydroxylation sites is 1. The van der Waals surface area contributed by atoms with Crippen LogP contribution in [-0.2, 0) is 0 Å². The van der Waals surface area contributed by atoms with Crippen molar-refractivity contribution in [1.29, 1.82) is 0 Å². The van der Waals surface area contributed by atoms with Gasteiger partial charge in [0.25, 0.3) is 0 Å². The van der Waals surface area contributed by atoms with E-state index in [0.29, 0.717) is 5.69 Å². The quantitative estimate of drug-likeness (QED) is 0.670. The smallest absolute Gasteiger partial charge is 0.311 e. The standard InChI is InChI=1S/C15H18N4O2/c20-19(21)14-10-17-13-7-2-1-6-12(13)15(14)18-11-5-3-4-8-16-9-11/h1-2,6-7,10-11,16H,3-5,8-9H2,(H,17,18). The monoisotopic (exact) mass is 286 g/mol. The van der Waals surface area contributed by atoms with Crippen LogP contribution < -0.4 is 10.6 Å². The lowest BCUT2D eigenvalue weighted by atomic mass is 10.1. The zero-order valence-corrected chi connectivity index (χ0v) is 11.7. The van der Waals surface area contributed by atoms with Crippen LogP contribution in [0.15, 0.2) is 30.5 Å². The predicted octanol–water partition coefficient (Wildman–Crippen LogP) is 2.70. The SMILES string of the molecule is O=[N+]([O-])c1cnc2ccccc2c1NC1CCCCNC1. The van der Waals surface area contributed by atoms with Gasteiger partial charge < -0.3 is 10.6 Å². The molecule has 2 aromatic rings. The van der Waals surface area contributed by atoms with Crippen molar-refractivity contribution >= 4 is 22.3 Å². The summed E-state index contributed by atoms with van der Waals surface area (Å²) < 4.78 is 0. The zero-order chi connectivity index (χ0) is 14.7. The van der Waals surface area contributed by atoms with Crippen LogP contribution in [0.5, 0.6) is 0 Å². The molecule has 0 spiro atoms. The molecule has 1 fully saturated rings. The van der Waals surface area contributed by atoms with E-state index in [1.54, 1.807) is 0 Å². The van der Waals surface area contributed by atoms with Gasteiger partial charge in [-0.1, -0.05) is 24.6 Å². The van der Waals surface area contributed by atoms with Gasteiger partial charge in [-0.3, -0.25) is 10.1 Å². The van der Waals surface area contributed by atoms with Crippen LogP contribution in [0.1, 0.15) is 19.3 Å². The van der Waals surface area contributed by atoms with Gasteiger partial charge in [0.15, 0.2) is 0 Å². The molecule has 0 radical (unpaired) electrons. The van der Waals surface area contributed by atoms with Gasteiger partial charge in [-0.25, -0.2) is 4.98 Å². The fraction of sp³-hybridized carbons (Fsp3) is 0.400. The first kappa shape index (κ1) is 13.8. The van der Waals surface area contributed by atoms with Crippen molar-refractivity contribution in [2.24, 2.45) is 0 Å². The van der Waals surface area contributed by atoms with E-state index in [1.165, 1.54) is 6.20 Å². The second-order valence-electron chi connectivity index (χ2n) is 5.33. The summed E-state index contributed by atoms with van der Waals surface area (Å²) in [6, 6.07) is 7.72. The number of hydrogen-bond donors (Lipinski definition) is 2. The molecule has 1 aromatic carbocycles. The average molecular weight is 286 g/mol. The van der Waals surface area contributed by atoms with E-state index in [9.17, 15) is 10.1 Å². The minimum Gasteiger partial charge on any atom is -0.375 e. The Morgan fingerprint density at radius 1 is 1.33 bits per heavy atom. The minimum absolute atomic E-state index is 0.0398. The normalized spacial score (nSPS) is 19.1. The van der Waals surface area contributed by atoms with Crippen molar-refractivity contribution in [3.8, 4) is 0 Å². The van der Waals surface area contributed by atoms with Gasteiger partial charge in [0.1, 0.15) is 11.9 Å².